The minimum Gasteiger partial charge on any atom is -0.398 e. The molecule has 0 radical (unpaired) electrons. The van der Waals surface area contributed by atoms with Gasteiger partial charge in [-0.2, -0.15) is 0 Å². The molecule has 4 rings (SSSR count). The summed E-state index contributed by atoms with van der Waals surface area (Å²) >= 11 is 0. The van der Waals surface area contributed by atoms with Crippen LogP contribution < -0.4 is 22.9 Å². The van der Waals surface area contributed by atoms with E-state index in [-0.39, 0.29) is 11.8 Å². The van der Waals surface area contributed by atoms with Crippen molar-refractivity contribution in [3.63, 3.8) is 0 Å². The number of rotatable bonds is 5. The normalized spacial score (nSPS) is 11.1. The fraction of sp³-hybridized carbons (Fsp3) is 0.0769. The molecule has 0 saturated heterocycles. The zero-order chi connectivity index (χ0) is 21.1. The Morgan fingerprint density at radius 3 is 0.733 bits per heavy atom. The Bertz CT molecular complexity index is 985. The summed E-state index contributed by atoms with van der Waals surface area (Å²) in [4.78, 5) is 0. The van der Waals surface area contributed by atoms with E-state index in [1.54, 1.807) is 0 Å². The molecule has 0 spiro atoms. The number of nitrogen functional groups attached to an aromatic ring is 4. The van der Waals surface area contributed by atoms with E-state index in [1.807, 2.05) is 72.8 Å². The van der Waals surface area contributed by atoms with E-state index in [1.165, 1.54) is 0 Å². The Morgan fingerprint density at radius 1 is 0.333 bits per heavy atom. The van der Waals surface area contributed by atoms with Gasteiger partial charge in [-0.15, -0.1) is 0 Å². The molecular weight excluding hydrogens is 368 g/mol. The third-order valence-electron chi connectivity index (χ3n) is 5.66. The highest BCUT2D eigenvalue weighted by atomic mass is 14.6. The summed E-state index contributed by atoms with van der Waals surface area (Å²) < 4.78 is 0. The van der Waals surface area contributed by atoms with Gasteiger partial charge in [-0.1, -0.05) is 72.8 Å². The van der Waals surface area contributed by atoms with Gasteiger partial charge >= 0.3 is 0 Å². The third kappa shape index (κ3) is 3.55. The van der Waals surface area contributed by atoms with E-state index in [4.69, 9.17) is 22.9 Å². The molecule has 4 nitrogen and oxygen atoms in total. The summed E-state index contributed by atoms with van der Waals surface area (Å²) in [5.41, 5.74) is 32.7. The molecule has 0 aromatic heterocycles. The van der Waals surface area contributed by atoms with Crippen LogP contribution in [-0.2, 0) is 0 Å². The first-order chi connectivity index (χ1) is 14.6. The first-order valence-corrected chi connectivity index (χ1v) is 9.95. The van der Waals surface area contributed by atoms with Crippen LogP contribution in [0.25, 0.3) is 0 Å². The Balaban J connectivity index is 2.06. The summed E-state index contributed by atoms with van der Waals surface area (Å²) in [6.07, 6.45) is 0. The average molecular weight is 395 g/mol. The molecule has 30 heavy (non-hydrogen) atoms. The quantitative estimate of drug-likeness (QED) is 0.358. The van der Waals surface area contributed by atoms with Crippen molar-refractivity contribution in [2.24, 2.45) is 0 Å². The molecule has 150 valence electrons. The number of hydrogen-bond acceptors (Lipinski definition) is 4. The molecule has 0 heterocycles. The van der Waals surface area contributed by atoms with Crippen molar-refractivity contribution in [2.75, 3.05) is 22.9 Å². The Kier molecular flexibility index (Phi) is 5.31. The molecular formula is C26H26N4. The standard InChI is InChI=1S/C26H26N4/c27-21-13-5-1-9-17(21)25(18-10-2-6-14-22(18)28)26(19-11-3-7-15-23(19)29)20-12-4-8-16-24(20)30/h1-16,25-26H,27-30H2. The summed E-state index contributed by atoms with van der Waals surface area (Å²) in [6.45, 7) is 0. The Morgan fingerprint density at radius 2 is 0.533 bits per heavy atom. The summed E-state index contributed by atoms with van der Waals surface area (Å²) in [5.74, 6) is -0.330. The average Bonchev–Trinajstić information content (AvgIpc) is 2.75. The van der Waals surface area contributed by atoms with Crippen LogP contribution in [0, 0.1) is 0 Å². The van der Waals surface area contributed by atoms with Crippen molar-refractivity contribution < 1.29 is 0 Å². The summed E-state index contributed by atoms with van der Waals surface area (Å²) in [5, 5.41) is 0. The minimum atomic E-state index is -0.165. The maximum atomic E-state index is 6.48. The van der Waals surface area contributed by atoms with Crippen molar-refractivity contribution in [3.05, 3.63) is 119 Å². The van der Waals surface area contributed by atoms with Crippen molar-refractivity contribution in [3.8, 4) is 0 Å². The predicted octanol–water partition coefficient (Wildman–Crippen LogP) is 4.98. The molecule has 0 aliphatic heterocycles. The lowest BCUT2D eigenvalue weighted by molar-refractivity contribution is 0.701. The molecule has 0 unspecified atom stereocenters. The smallest absolute Gasteiger partial charge is 0.0353 e. The topological polar surface area (TPSA) is 104 Å². The number of benzene rings is 4. The van der Waals surface area contributed by atoms with Gasteiger partial charge in [0.25, 0.3) is 0 Å². The summed E-state index contributed by atoms with van der Waals surface area (Å²) in [7, 11) is 0. The van der Waals surface area contributed by atoms with Gasteiger partial charge in [0.2, 0.25) is 0 Å². The van der Waals surface area contributed by atoms with E-state index in [9.17, 15) is 0 Å². The van der Waals surface area contributed by atoms with Crippen LogP contribution in [0.3, 0.4) is 0 Å². The molecule has 0 atom stereocenters. The maximum Gasteiger partial charge on any atom is 0.0353 e. The largest absolute Gasteiger partial charge is 0.398 e. The first kappa shape index (κ1) is 19.4. The van der Waals surface area contributed by atoms with E-state index in [2.05, 4.69) is 24.3 Å². The lowest BCUT2D eigenvalue weighted by Crippen LogP contribution is -2.19. The van der Waals surface area contributed by atoms with Crippen molar-refractivity contribution in [1.82, 2.24) is 0 Å². The first-order valence-electron chi connectivity index (χ1n) is 9.95. The van der Waals surface area contributed by atoms with Gasteiger partial charge in [-0.05, 0) is 46.5 Å². The summed E-state index contributed by atoms with van der Waals surface area (Å²) in [6, 6.07) is 31.6. The highest BCUT2D eigenvalue weighted by Gasteiger charge is 2.32. The van der Waals surface area contributed by atoms with E-state index in [0.29, 0.717) is 22.7 Å². The van der Waals surface area contributed by atoms with Gasteiger partial charge < -0.3 is 22.9 Å². The molecule has 4 aromatic carbocycles. The molecule has 0 saturated carbocycles. The SMILES string of the molecule is Nc1ccccc1C(c1ccccc1N)C(c1ccccc1N)c1ccccc1N. The predicted molar refractivity (Wildman–Crippen MR) is 127 cm³/mol. The monoisotopic (exact) mass is 394 g/mol. The van der Waals surface area contributed by atoms with E-state index >= 15 is 0 Å². The molecule has 0 fully saturated rings. The maximum absolute atomic E-state index is 6.48. The van der Waals surface area contributed by atoms with Gasteiger partial charge in [-0.3, -0.25) is 0 Å². The van der Waals surface area contributed by atoms with Crippen LogP contribution in [0.15, 0.2) is 97.1 Å². The Hall–Kier alpha value is -3.92. The lowest BCUT2D eigenvalue weighted by atomic mass is 9.72. The second-order valence-electron chi connectivity index (χ2n) is 7.47. The molecule has 0 aliphatic rings. The van der Waals surface area contributed by atoms with Gasteiger partial charge in [0.05, 0.1) is 0 Å². The fourth-order valence-corrected chi connectivity index (χ4v) is 4.23. The zero-order valence-corrected chi connectivity index (χ0v) is 16.7. The number of anilines is 4. The molecule has 0 bridgehead atoms. The van der Waals surface area contributed by atoms with Crippen LogP contribution in [-0.4, -0.2) is 0 Å². The Labute approximate surface area is 177 Å². The highest BCUT2D eigenvalue weighted by molar-refractivity contribution is 5.65. The van der Waals surface area contributed by atoms with E-state index < -0.39 is 0 Å². The van der Waals surface area contributed by atoms with E-state index in [0.717, 1.165) is 22.3 Å². The van der Waals surface area contributed by atoms with Crippen molar-refractivity contribution >= 4 is 22.7 Å². The highest BCUT2D eigenvalue weighted by Crippen LogP contribution is 2.48. The second kappa shape index (κ2) is 8.21. The second-order valence-corrected chi connectivity index (χ2v) is 7.47. The third-order valence-corrected chi connectivity index (χ3v) is 5.66. The lowest BCUT2D eigenvalue weighted by Gasteiger charge is -2.32. The number of para-hydroxylation sites is 4. The van der Waals surface area contributed by atoms with Crippen LogP contribution in [0.1, 0.15) is 34.1 Å². The minimum absolute atomic E-state index is 0.165. The molecule has 0 aliphatic carbocycles. The van der Waals surface area contributed by atoms with Crippen LogP contribution in [0.4, 0.5) is 22.7 Å². The van der Waals surface area contributed by atoms with Gasteiger partial charge in [0.15, 0.2) is 0 Å². The van der Waals surface area contributed by atoms with Crippen LogP contribution in [0.5, 0.6) is 0 Å². The van der Waals surface area contributed by atoms with Crippen LogP contribution in [0.2, 0.25) is 0 Å². The fourth-order valence-electron chi connectivity index (χ4n) is 4.23. The van der Waals surface area contributed by atoms with Crippen molar-refractivity contribution in [1.29, 1.82) is 0 Å². The zero-order valence-electron chi connectivity index (χ0n) is 16.7. The number of hydrogen-bond donors (Lipinski definition) is 4. The van der Waals surface area contributed by atoms with Crippen LogP contribution >= 0.6 is 0 Å². The molecule has 4 aromatic rings. The van der Waals surface area contributed by atoms with Crippen molar-refractivity contribution in [2.45, 2.75) is 11.8 Å². The van der Waals surface area contributed by atoms with Gasteiger partial charge in [-0.25, -0.2) is 0 Å². The molecule has 0 amide bonds. The van der Waals surface area contributed by atoms with Gasteiger partial charge in [0, 0.05) is 34.6 Å². The molecule has 4 heteroatoms. The van der Waals surface area contributed by atoms with Gasteiger partial charge in [0.1, 0.15) is 0 Å². The number of nitrogens with two attached hydrogens (primary N) is 4. The molecule has 8 N–H and O–H groups in total.